The van der Waals surface area contributed by atoms with Crippen LogP contribution in [0.1, 0.15) is 56.2 Å². The number of hydrogen-bond donors (Lipinski definition) is 3. The minimum atomic E-state index is -5.11. The normalized spacial score (nSPS) is 14.7. The molecule has 3 N–H and O–H groups in total. The zero-order valence-corrected chi connectivity index (χ0v) is 17.3. The van der Waals surface area contributed by atoms with Gasteiger partial charge in [0.25, 0.3) is 0 Å². The molecule has 0 heterocycles. The molecular weight excluding hydrogens is 343 g/mol. The molecular formula is C22H33O3P. The van der Waals surface area contributed by atoms with Crippen molar-refractivity contribution in [1.29, 1.82) is 0 Å². The van der Waals surface area contributed by atoms with Crippen molar-refractivity contribution in [2.24, 2.45) is 5.92 Å². The molecule has 0 aliphatic carbocycles. The van der Waals surface area contributed by atoms with Crippen molar-refractivity contribution in [3.05, 3.63) is 59.2 Å². The van der Waals surface area contributed by atoms with Crippen molar-refractivity contribution < 1.29 is 14.7 Å². The van der Waals surface area contributed by atoms with E-state index in [4.69, 9.17) is 0 Å². The number of aryl methyl sites for hydroxylation is 2. The topological polar surface area (TPSA) is 60.7 Å². The Kier molecular flexibility index (Phi) is 6.63. The zero-order valence-electron chi connectivity index (χ0n) is 16.4. The van der Waals surface area contributed by atoms with Crippen LogP contribution in [-0.4, -0.2) is 14.7 Å². The third-order valence-corrected chi connectivity index (χ3v) is 7.85. The second-order valence-electron chi connectivity index (χ2n) is 7.55. The standard InChI is InChI=1S/C22H33O3P/c1-5-7-8-19(6-2)15-20-16-22(14-11-18(20)4)26(23,24,25)21-12-9-17(3)10-13-21/h9-14,16,19,23-25H,5-8,15H2,1-4H3. The van der Waals surface area contributed by atoms with Gasteiger partial charge in [0.05, 0.1) is 0 Å². The van der Waals surface area contributed by atoms with Gasteiger partial charge in [-0.2, -0.15) is 0 Å². The summed E-state index contributed by atoms with van der Waals surface area (Å²) in [5.41, 5.74) is 3.22. The van der Waals surface area contributed by atoms with Gasteiger partial charge < -0.3 is 0 Å². The van der Waals surface area contributed by atoms with Crippen molar-refractivity contribution in [1.82, 2.24) is 0 Å². The first-order valence-electron chi connectivity index (χ1n) is 9.60. The van der Waals surface area contributed by atoms with E-state index in [-0.39, 0.29) is 10.6 Å². The zero-order chi connectivity index (χ0) is 19.4. The van der Waals surface area contributed by atoms with Gasteiger partial charge in [0.2, 0.25) is 0 Å². The maximum absolute atomic E-state index is 10.9. The number of rotatable bonds is 8. The monoisotopic (exact) mass is 376 g/mol. The van der Waals surface area contributed by atoms with E-state index in [1.165, 1.54) is 19.3 Å². The first-order valence-corrected chi connectivity index (χ1v) is 11.7. The second kappa shape index (κ2) is 8.19. The Hall–Kier alpha value is -1.25. The van der Waals surface area contributed by atoms with Crippen LogP contribution in [0.4, 0.5) is 0 Å². The summed E-state index contributed by atoms with van der Waals surface area (Å²) in [6.45, 7) is 8.37. The van der Waals surface area contributed by atoms with Crippen LogP contribution in [0.15, 0.2) is 42.5 Å². The molecule has 0 spiro atoms. The fourth-order valence-electron chi connectivity index (χ4n) is 3.36. The summed E-state index contributed by atoms with van der Waals surface area (Å²) in [6, 6.07) is 12.1. The average molecular weight is 376 g/mol. The maximum atomic E-state index is 10.9. The fourth-order valence-corrected chi connectivity index (χ4v) is 5.10. The van der Waals surface area contributed by atoms with E-state index in [2.05, 4.69) is 13.8 Å². The molecule has 2 rings (SSSR count). The molecule has 0 saturated heterocycles. The van der Waals surface area contributed by atoms with Crippen LogP contribution in [0.25, 0.3) is 0 Å². The fraction of sp³-hybridized carbons (Fsp3) is 0.455. The molecule has 1 atom stereocenters. The van der Waals surface area contributed by atoms with Gasteiger partial charge >= 0.3 is 157 Å². The van der Waals surface area contributed by atoms with Gasteiger partial charge in [0.1, 0.15) is 0 Å². The van der Waals surface area contributed by atoms with Crippen molar-refractivity contribution >= 4 is 17.9 Å². The van der Waals surface area contributed by atoms with E-state index in [1.807, 2.05) is 19.9 Å². The first-order chi connectivity index (χ1) is 12.2. The first kappa shape index (κ1) is 21.1. The van der Waals surface area contributed by atoms with Gasteiger partial charge in [0, 0.05) is 0 Å². The van der Waals surface area contributed by atoms with Crippen LogP contribution in [0.2, 0.25) is 0 Å². The molecule has 3 nitrogen and oxygen atoms in total. The van der Waals surface area contributed by atoms with Gasteiger partial charge in [-0.05, 0) is 0 Å². The van der Waals surface area contributed by atoms with Crippen LogP contribution in [-0.2, 0) is 6.42 Å². The van der Waals surface area contributed by atoms with Crippen molar-refractivity contribution in [2.45, 2.75) is 59.8 Å². The Morgan fingerprint density at radius 3 is 2.08 bits per heavy atom. The van der Waals surface area contributed by atoms with Gasteiger partial charge in [-0.1, -0.05) is 0 Å². The molecule has 0 bridgehead atoms. The molecule has 1 unspecified atom stereocenters. The Morgan fingerprint density at radius 2 is 1.50 bits per heavy atom. The molecule has 0 aromatic heterocycles. The molecule has 0 radical (unpaired) electrons. The molecule has 0 amide bonds. The predicted octanol–water partition coefficient (Wildman–Crippen LogP) is 4.29. The summed E-state index contributed by atoms with van der Waals surface area (Å²) in [6.07, 6.45) is 5.57. The number of hydrogen-bond acceptors (Lipinski definition) is 3. The van der Waals surface area contributed by atoms with Crippen LogP contribution in [0, 0.1) is 19.8 Å². The van der Waals surface area contributed by atoms with Gasteiger partial charge in [-0.25, -0.2) is 0 Å². The minimum absolute atomic E-state index is 0.175. The average Bonchev–Trinajstić information content (AvgIpc) is 2.59. The summed E-state index contributed by atoms with van der Waals surface area (Å²) in [5, 5.41) is 0.389. The van der Waals surface area contributed by atoms with Crippen molar-refractivity contribution in [3.63, 3.8) is 0 Å². The van der Waals surface area contributed by atoms with Gasteiger partial charge in [-0.15, -0.1) is 0 Å². The van der Waals surface area contributed by atoms with E-state index in [9.17, 15) is 14.7 Å². The third kappa shape index (κ3) is 4.72. The van der Waals surface area contributed by atoms with E-state index in [1.54, 1.807) is 36.4 Å². The Morgan fingerprint density at radius 1 is 0.885 bits per heavy atom. The van der Waals surface area contributed by atoms with Crippen LogP contribution in [0.3, 0.4) is 0 Å². The second-order valence-corrected chi connectivity index (χ2v) is 10.5. The van der Waals surface area contributed by atoms with Crippen LogP contribution in [0.5, 0.6) is 0 Å². The molecule has 2 aromatic carbocycles. The van der Waals surface area contributed by atoms with E-state index < -0.39 is 7.28 Å². The summed E-state index contributed by atoms with van der Waals surface area (Å²) >= 11 is 0. The number of unbranched alkanes of at least 4 members (excludes halogenated alkanes) is 1. The van der Waals surface area contributed by atoms with Crippen molar-refractivity contribution in [2.75, 3.05) is 0 Å². The van der Waals surface area contributed by atoms with E-state index in [0.717, 1.165) is 29.5 Å². The molecule has 0 fully saturated rings. The third-order valence-electron chi connectivity index (χ3n) is 5.37. The molecule has 0 aliphatic heterocycles. The van der Waals surface area contributed by atoms with Crippen LogP contribution >= 0.6 is 7.28 Å². The Balaban J connectivity index is 2.39. The Bertz CT molecular complexity index is 729. The summed E-state index contributed by atoms with van der Waals surface area (Å²) < 4.78 is 0. The SMILES string of the molecule is CCCCC(CC)Cc1cc(P(O)(O)(O)c2ccc(C)cc2)ccc1C. The quantitative estimate of drug-likeness (QED) is 0.603. The molecule has 2 aromatic rings. The van der Waals surface area contributed by atoms with E-state index >= 15 is 0 Å². The molecule has 144 valence electrons. The van der Waals surface area contributed by atoms with Gasteiger partial charge in [-0.3, -0.25) is 0 Å². The molecule has 0 aliphatic rings. The molecule has 26 heavy (non-hydrogen) atoms. The predicted molar refractivity (Wildman–Crippen MR) is 112 cm³/mol. The molecule has 4 heteroatoms. The summed E-state index contributed by atoms with van der Waals surface area (Å²) in [7, 11) is -5.11. The molecule has 0 saturated carbocycles. The van der Waals surface area contributed by atoms with Gasteiger partial charge in [0.15, 0.2) is 0 Å². The van der Waals surface area contributed by atoms with Crippen LogP contribution < -0.4 is 10.6 Å². The Labute approximate surface area is 157 Å². The van der Waals surface area contributed by atoms with E-state index in [0.29, 0.717) is 5.92 Å². The summed E-state index contributed by atoms with van der Waals surface area (Å²) in [5.74, 6) is 0.574. The van der Waals surface area contributed by atoms with Crippen molar-refractivity contribution in [3.8, 4) is 0 Å². The summed E-state index contributed by atoms with van der Waals surface area (Å²) in [4.78, 5) is 32.7. The number of benzene rings is 2.